The highest BCUT2D eigenvalue weighted by molar-refractivity contribution is 9.09. The van der Waals surface area contributed by atoms with E-state index >= 15 is 0 Å². The maximum atomic E-state index is 6.12. The Bertz CT molecular complexity index is 399. The second-order valence-corrected chi connectivity index (χ2v) is 6.20. The van der Waals surface area contributed by atoms with Gasteiger partial charge in [0.1, 0.15) is 5.75 Å². The van der Waals surface area contributed by atoms with Crippen LogP contribution in [-0.4, -0.2) is 11.9 Å². The topological polar surface area (TPSA) is 9.23 Å². The lowest BCUT2D eigenvalue weighted by atomic mass is 9.90. The van der Waals surface area contributed by atoms with E-state index in [0.717, 1.165) is 34.7 Å². The third kappa shape index (κ3) is 3.21. The minimum Gasteiger partial charge on any atom is -0.493 e. The quantitative estimate of drug-likeness (QED) is 0.671. The van der Waals surface area contributed by atoms with Crippen molar-refractivity contribution in [2.24, 2.45) is 5.41 Å². The lowest BCUT2D eigenvalue weighted by molar-refractivity contribution is 0.174. The van der Waals surface area contributed by atoms with Crippen LogP contribution in [0.3, 0.4) is 0 Å². The molecule has 0 atom stereocenters. The summed E-state index contributed by atoms with van der Waals surface area (Å²) in [6.45, 7) is 2.92. The minimum absolute atomic E-state index is 0.339. The van der Waals surface area contributed by atoms with Crippen molar-refractivity contribution < 1.29 is 4.74 Å². The Morgan fingerprint density at radius 1 is 1.33 bits per heavy atom. The monoisotopic (exact) mass is 330 g/mol. The fourth-order valence-electron chi connectivity index (χ4n) is 2.59. The molecule has 100 valence electrons. The Kier molecular flexibility index (Phi) is 4.97. The first-order valence-electron chi connectivity index (χ1n) is 6.66. The minimum atomic E-state index is 0.339. The van der Waals surface area contributed by atoms with E-state index in [1.165, 1.54) is 25.7 Å². The molecular formula is C15H20BrClO. The van der Waals surface area contributed by atoms with Gasteiger partial charge in [0, 0.05) is 15.8 Å². The lowest BCUT2D eigenvalue weighted by Gasteiger charge is -2.26. The SMILES string of the molecule is CCc1cc(OCC2(CBr)CCCC2)ccc1Cl. The largest absolute Gasteiger partial charge is 0.493 e. The zero-order valence-corrected chi connectivity index (χ0v) is 13.2. The molecule has 1 aromatic rings. The average Bonchev–Trinajstić information content (AvgIpc) is 2.87. The molecule has 1 fully saturated rings. The molecule has 2 rings (SSSR count). The first-order valence-corrected chi connectivity index (χ1v) is 8.16. The Morgan fingerprint density at radius 2 is 2.06 bits per heavy atom. The van der Waals surface area contributed by atoms with Crippen LogP contribution in [0.5, 0.6) is 5.75 Å². The van der Waals surface area contributed by atoms with Crippen molar-refractivity contribution in [2.75, 3.05) is 11.9 Å². The maximum absolute atomic E-state index is 6.12. The van der Waals surface area contributed by atoms with Crippen LogP contribution in [0.4, 0.5) is 0 Å². The summed E-state index contributed by atoms with van der Waals surface area (Å²) in [7, 11) is 0. The van der Waals surface area contributed by atoms with E-state index in [-0.39, 0.29) is 0 Å². The molecule has 0 unspecified atom stereocenters. The summed E-state index contributed by atoms with van der Waals surface area (Å²) in [6, 6.07) is 5.97. The van der Waals surface area contributed by atoms with Crippen molar-refractivity contribution >= 4 is 27.5 Å². The smallest absolute Gasteiger partial charge is 0.119 e. The molecule has 0 N–H and O–H groups in total. The van der Waals surface area contributed by atoms with Crippen LogP contribution in [0.15, 0.2) is 18.2 Å². The molecule has 1 aliphatic carbocycles. The van der Waals surface area contributed by atoms with Crippen molar-refractivity contribution in [1.29, 1.82) is 0 Å². The molecule has 1 nitrogen and oxygen atoms in total. The van der Waals surface area contributed by atoms with E-state index in [1.807, 2.05) is 12.1 Å². The number of benzene rings is 1. The first kappa shape index (κ1) is 14.2. The van der Waals surface area contributed by atoms with E-state index in [4.69, 9.17) is 16.3 Å². The van der Waals surface area contributed by atoms with Gasteiger partial charge < -0.3 is 4.74 Å². The van der Waals surface area contributed by atoms with Gasteiger partial charge in [-0.2, -0.15) is 0 Å². The van der Waals surface area contributed by atoms with Crippen LogP contribution in [0.25, 0.3) is 0 Å². The van der Waals surface area contributed by atoms with Gasteiger partial charge in [0.25, 0.3) is 0 Å². The number of ether oxygens (including phenoxy) is 1. The summed E-state index contributed by atoms with van der Waals surface area (Å²) >= 11 is 9.76. The Balaban J connectivity index is 2.01. The third-order valence-corrected chi connectivity index (χ3v) is 5.45. The third-order valence-electron chi connectivity index (χ3n) is 3.89. The van der Waals surface area contributed by atoms with Gasteiger partial charge in [-0.25, -0.2) is 0 Å². The molecule has 1 saturated carbocycles. The molecule has 1 aliphatic rings. The van der Waals surface area contributed by atoms with Crippen molar-refractivity contribution in [3.63, 3.8) is 0 Å². The number of halogens is 2. The normalized spacial score (nSPS) is 17.9. The van der Waals surface area contributed by atoms with Crippen molar-refractivity contribution in [3.8, 4) is 5.75 Å². The van der Waals surface area contributed by atoms with E-state index in [1.54, 1.807) is 0 Å². The molecule has 0 bridgehead atoms. The molecule has 3 heteroatoms. The number of alkyl halides is 1. The standard InChI is InChI=1S/C15H20BrClO/c1-2-12-9-13(5-6-14(12)17)18-11-15(10-16)7-3-4-8-15/h5-6,9H,2-4,7-8,10-11H2,1H3. The number of hydrogen-bond acceptors (Lipinski definition) is 1. The zero-order chi connectivity index (χ0) is 13.0. The van der Waals surface area contributed by atoms with Gasteiger partial charge in [-0.1, -0.05) is 47.3 Å². The summed E-state index contributed by atoms with van der Waals surface area (Å²) in [4.78, 5) is 0. The Labute approximate surface area is 123 Å². The molecule has 0 radical (unpaired) electrons. The predicted octanol–water partition coefficient (Wildman–Crippen LogP) is 5.24. The maximum Gasteiger partial charge on any atom is 0.119 e. The summed E-state index contributed by atoms with van der Waals surface area (Å²) in [5, 5.41) is 1.87. The van der Waals surface area contributed by atoms with Gasteiger partial charge in [-0.3, -0.25) is 0 Å². The number of aryl methyl sites for hydroxylation is 1. The first-order chi connectivity index (χ1) is 8.69. The Morgan fingerprint density at radius 3 is 2.67 bits per heavy atom. The molecule has 0 saturated heterocycles. The van der Waals surface area contributed by atoms with E-state index in [2.05, 4.69) is 28.9 Å². The van der Waals surface area contributed by atoms with Gasteiger partial charge in [0.2, 0.25) is 0 Å². The van der Waals surface area contributed by atoms with E-state index in [0.29, 0.717) is 5.41 Å². The van der Waals surface area contributed by atoms with Crippen LogP contribution in [-0.2, 0) is 6.42 Å². The van der Waals surface area contributed by atoms with Crippen molar-refractivity contribution in [2.45, 2.75) is 39.0 Å². The van der Waals surface area contributed by atoms with Crippen molar-refractivity contribution in [3.05, 3.63) is 28.8 Å². The molecule has 18 heavy (non-hydrogen) atoms. The molecule has 0 heterocycles. The average molecular weight is 332 g/mol. The molecule has 0 amide bonds. The van der Waals surface area contributed by atoms with Gasteiger partial charge in [-0.05, 0) is 43.0 Å². The van der Waals surface area contributed by atoms with Crippen LogP contribution < -0.4 is 4.74 Å². The van der Waals surface area contributed by atoms with Gasteiger partial charge in [0.05, 0.1) is 6.61 Å². The Hall–Kier alpha value is -0.210. The molecule has 1 aromatic carbocycles. The van der Waals surface area contributed by atoms with Crippen LogP contribution in [0, 0.1) is 5.41 Å². The fraction of sp³-hybridized carbons (Fsp3) is 0.600. The summed E-state index contributed by atoms with van der Waals surface area (Å²) in [5.74, 6) is 0.948. The number of rotatable bonds is 5. The van der Waals surface area contributed by atoms with Gasteiger partial charge in [0.15, 0.2) is 0 Å². The van der Waals surface area contributed by atoms with Gasteiger partial charge in [-0.15, -0.1) is 0 Å². The fourth-order valence-corrected chi connectivity index (χ4v) is 3.56. The molecule has 0 aliphatic heterocycles. The highest BCUT2D eigenvalue weighted by Gasteiger charge is 2.33. The van der Waals surface area contributed by atoms with Crippen LogP contribution in [0.2, 0.25) is 5.02 Å². The lowest BCUT2D eigenvalue weighted by Crippen LogP contribution is -2.27. The second-order valence-electron chi connectivity index (χ2n) is 5.24. The second kappa shape index (κ2) is 6.29. The highest BCUT2D eigenvalue weighted by Crippen LogP contribution is 2.40. The predicted molar refractivity (Wildman–Crippen MR) is 81.0 cm³/mol. The van der Waals surface area contributed by atoms with E-state index < -0.39 is 0 Å². The van der Waals surface area contributed by atoms with Crippen molar-refractivity contribution in [1.82, 2.24) is 0 Å². The van der Waals surface area contributed by atoms with Crippen LogP contribution >= 0.6 is 27.5 Å². The summed E-state index contributed by atoms with van der Waals surface area (Å²) in [5.41, 5.74) is 1.50. The van der Waals surface area contributed by atoms with Gasteiger partial charge >= 0.3 is 0 Å². The zero-order valence-electron chi connectivity index (χ0n) is 10.8. The summed E-state index contributed by atoms with van der Waals surface area (Å²) in [6.07, 6.45) is 6.14. The molecule has 0 aromatic heterocycles. The number of hydrogen-bond donors (Lipinski definition) is 0. The molecular weight excluding hydrogens is 312 g/mol. The highest BCUT2D eigenvalue weighted by atomic mass is 79.9. The molecule has 0 spiro atoms. The van der Waals surface area contributed by atoms with E-state index in [9.17, 15) is 0 Å². The van der Waals surface area contributed by atoms with Crippen LogP contribution in [0.1, 0.15) is 38.2 Å². The summed E-state index contributed by atoms with van der Waals surface area (Å²) < 4.78 is 5.99.